The van der Waals surface area contributed by atoms with Crippen LogP contribution in [0.15, 0.2) is 76.9 Å². The standard InChI is InChI=1S/C26H26N2O6/c1-16(2)23(30)21-22(20-5-3-11-27-25(20)34-13-4-12-29)28(26(32)24(21)31)19-8-6-17(7-9-19)18-10-14-33-15-18/h3,5-11,14-16,22,29,31H,4,12-13H2,1-2H3. The first-order valence-corrected chi connectivity index (χ1v) is 11.1. The average molecular weight is 463 g/mol. The zero-order chi connectivity index (χ0) is 24.2. The van der Waals surface area contributed by atoms with Gasteiger partial charge in [0, 0.05) is 42.0 Å². The maximum Gasteiger partial charge on any atom is 0.294 e. The van der Waals surface area contributed by atoms with Crippen molar-refractivity contribution in [1.82, 2.24) is 4.98 Å². The highest BCUT2D eigenvalue weighted by molar-refractivity contribution is 6.17. The predicted octanol–water partition coefficient (Wildman–Crippen LogP) is 4.23. The molecule has 0 radical (unpaired) electrons. The lowest BCUT2D eigenvalue weighted by Gasteiger charge is -2.28. The maximum atomic E-state index is 13.3. The minimum absolute atomic E-state index is 0.0129. The Morgan fingerprint density at radius 1 is 1.18 bits per heavy atom. The first kappa shape index (κ1) is 23.3. The number of furan rings is 1. The average Bonchev–Trinajstić information content (AvgIpc) is 3.47. The summed E-state index contributed by atoms with van der Waals surface area (Å²) < 4.78 is 10.9. The number of rotatable bonds is 9. The van der Waals surface area contributed by atoms with Crippen molar-refractivity contribution in [3.8, 4) is 17.0 Å². The van der Waals surface area contributed by atoms with Gasteiger partial charge in [0.15, 0.2) is 11.5 Å². The molecule has 8 nitrogen and oxygen atoms in total. The van der Waals surface area contributed by atoms with Gasteiger partial charge >= 0.3 is 0 Å². The Morgan fingerprint density at radius 3 is 2.59 bits per heavy atom. The summed E-state index contributed by atoms with van der Waals surface area (Å²) in [6.45, 7) is 3.60. The topological polar surface area (TPSA) is 113 Å². The fourth-order valence-electron chi connectivity index (χ4n) is 3.94. The van der Waals surface area contributed by atoms with E-state index in [1.165, 1.54) is 4.90 Å². The van der Waals surface area contributed by atoms with Crippen molar-refractivity contribution in [2.24, 2.45) is 5.92 Å². The number of ketones is 1. The van der Waals surface area contributed by atoms with Crippen LogP contribution in [0.1, 0.15) is 31.9 Å². The Morgan fingerprint density at radius 2 is 1.94 bits per heavy atom. The largest absolute Gasteiger partial charge is 0.503 e. The molecule has 4 rings (SSSR count). The van der Waals surface area contributed by atoms with Gasteiger partial charge < -0.3 is 19.4 Å². The lowest BCUT2D eigenvalue weighted by molar-refractivity contribution is -0.119. The number of Topliss-reactive ketones (excluding diaryl/α,β-unsaturated/α-hetero) is 1. The van der Waals surface area contributed by atoms with Crippen LogP contribution < -0.4 is 9.64 Å². The van der Waals surface area contributed by atoms with Gasteiger partial charge in [-0.25, -0.2) is 4.98 Å². The molecule has 1 aromatic carbocycles. The van der Waals surface area contributed by atoms with E-state index in [1.54, 1.807) is 56.8 Å². The number of carbonyl (C=O) groups is 2. The van der Waals surface area contributed by atoms with E-state index in [1.807, 2.05) is 18.2 Å². The molecule has 0 saturated heterocycles. The molecule has 0 bridgehead atoms. The van der Waals surface area contributed by atoms with Gasteiger partial charge in [0.25, 0.3) is 5.91 Å². The summed E-state index contributed by atoms with van der Waals surface area (Å²) in [5, 5.41) is 19.9. The molecule has 1 aliphatic rings. The minimum atomic E-state index is -0.917. The van der Waals surface area contributed by atoms with Crippen LogP contribution in [0.25, 0.3) is 11.1 Å². The molecule has 34 heavy (non-hydrogen) atoms. The highest BCUT2D eigenvalue weighted by atomic mass is 16.5. The number of anilines is 1. The number of benzene rings is 1. The first-order valence-electron chi connectivity index (χ1n) is 11.1. The summed E-state index contributed by atoms with van der Waals surface area (Å²) in [6, 6.07) is 11.5. The highest BCUT2D eigenvalue weighted by Crippen LogP contribution is 2.44. The van der Waals surface area contributed by atoms with Crippen LogP contribution >= 0.6 is 0 Å². The van der Waals surface area contributed by atoms with Crippen LogP contribution in [0.4, 0.5) is 5.69 Å². The van der Waals surface area contributed by atoms with Gasteiger partial charge in [-0.3, -0.25) is 14.5 Å². The molecule has 0 fully saturated rings. The molecule has 1 atom stereocenters. The minimum Gasteiger partial charge on any atom is -0.503 e. The molecule has 2 N–H and O–H groups in total. The second-order valence-electron chi connectivity index (χ2n) is 8.24. The molecule has 8 heteroatoms. The Balaban J connectivity index is 1.80. The van der Waals surface area contributed by atoms with Crippen LogP contribution in [0.2, 0.25) is 0 Å². The van der Waals surface area contributed by atoms with Crippen molar-refractivity contribution in [2.45, 2.75) is 26.3 Å². The van der Waals surface area contributed by atoms with Gasteiger partial charge in [-0.15, -0.1) is 0 Å². The summed E-state index contributed by atoms with van der Waals surface area (Å²) in [5.74, 6) is -1.79. The number of hydrogen-bond acceptors (Lipinski definition) is 7. The Hall–Kier alpha value is -3.91. The van der Waals surface area contributed by atoms with E-state index in [4.69, 9.17) is 14.3 Å². The van der Waals surface area contributed by atoms with Crippen molar-refractivity contribution < 1.29 is 29.0 Å². The second-order valence-corrected chi connectivity index (χ2v) is 8.24. The SMILES string of the molecule is CC(C)C(=O)C1=C(O)C(=O)N(c2ccc(-c3ccoc3)cc2)C1c1cccnc1OCCCO. The molecule has 0 aliphatic carbocycles. The number of ether oxygens (including phenoxy) is 1. The number of aliphatic hydroxyl groups excluding tert-OH is 2. The predicted molar refractivity (Wildman–Crippen MR) is 125 cm³/mol. The summed E-state index contributed by atoms with van der Waals surface area (Å²) >= 11 is 0. The Kier molecular flexibility index (Phi) is 6.79. The fraction of sp³-hybridized carbons (Fsp3) is 0.269. The first-order chi connectivity index (χ1) is 16.4. The normalized spacial score (nSPS) is 15.9. The Labute approximate surface area is 197 Å². The quantitative estimate of drug-likeness (QED) is 0.458. The van der Waals surface area contributed by atoms with E-state index < -0.39 is 23.6 Å². The molecule has 1 amide bonds. The van der Waals surface area contributed by atoms with E-state index in [0.29, 0.717) is 17.7 Å². The van der Waals surface area contributed by atoms with Gasteiger partial charge in [-0.1, -0.05) is 26.0 Å². The molecule has 3 heterocycles. The zero-order valence-electron chi connectivity index (χ0n) is 19.0. The van der Waals surface area contributed by atoms with E-state index in [0.717, 1.165) is 11.1 Å². The van der Waals surface area contributed by atoms with Crippen molar-refractivity contribution in [2.75, 3.05) is 18.1 Å². The molecule has 1 aliphatic heterocycles. The molecule has 0 saturated carbocycles. The van der Waals surface area contributed by atoms with Crippen molar-refractivity contribution in [1.29, 1.82) is 0 Å². The van der Waals surface area contributed by atoms with Crippen LogP contribution in [0, 0.1) is 5.92 Å². The lowest BCUT2D eigenvalue weighted by atomic mass is 9.91. The number of amides is 1. The van der Waals surface area contributed by atoms with Gasteiger partial charge in [-0.05, 0) is 35.9 Å². The van der Waals surface area contributed by atoms with Crippen molar-refractivity contribution >= 4 is 17.4 Å². The number of aromatic nitrogens is 1. The molecule has 0 spiro atoms. The second kappa shape index (κ2) is 9.93. The summed E-state index contributed by atoms with van der Waals surface area (Å²) in [5.41, 5.74) is 2.77. The molecule has 176 valence electrons. The van der Waals surface area contributed by atoms with Crippen LogP contribution in [0.3, 0.4) is 0 Å². The molecular formula is C26H26N2O6. The number of aliphatic hydroxyl groups is 2. The Bertz CT molecular complexity index is 1200. The number of pyridine rings is 1. The number of carbonyl (C=O) groups excluding carboxylic acids is 2. The summed E-state index contributed by atoms with van der Waals surface area (Å²) in [7, 11) is 0. The zero-order valence-corrected chi connectivity index (χ0v) is 19.0. The number of hydrogen-bond donors (Lipinski definition) is 2. The van der Waals surface area contributed by atoms with Crippen LogP contribution in [-0.2, 0) is 9.59 Å². The smallest absolute Gasteiger partial charge is 0.294 e. The van der Waals surface area contributed by atoms with Gasteiger partial charge in [-0.2, -0.15) is 0 Å². The molecular weight excluding hydrogens is 436 g/mol. The van der Waals surface area contributed by atoms with Crippen LogP contribution in [-0.4, -0.2) is 40.1 Å². The third kappa shape index (κ3) is 4.32. The van der Waals surface area contributed by atoms with E-state index in [-0.39, 0.29) is 30.5 Å². The van der Waals surface area contributed by atoms with Gasteiger partial charge in [0.2, 0.25) is 5.88 Å². The van der Waals surface area contributed by atoms with Gasteiger partial charge in [0.1, 0.15) is 6.04 Å². The van der Waals surface area contributed by atoms with Gasteiger partial charge in [0.05, 0.1) is 24.7 Å². The van der Waals surface area contributed by atoms with E-state index in [2.05, 4.69) is 4.98 Å². The fourth-order valence-corrected chi connectivity index (χ4v) is 3.94. The third-order valence-corrected chi connectivity index (χ3v) is 5.63. The molecule has 3 aromatic rings. The molecule has 2 aromatic heterocycles. The molecule has 1 unspecified atom stereocenters. The van der Waals surface area contributed by atoms with Crippen molar-refractivity contribution in [3.63, 3.8) is 0 Å². The van der Waals surface area contributed by atoms with Crippen LogP contribution in [0.5, 0.6) is 5.88 Å². The maximum absolute atomic E-state index is 13.3. The van der Waals surface area contributed by atoms with E-state index in [9.17, 15) is 14.7 Å². The van der Waals surface area contributed by atoms with E-state index >= 15 is 0 Å². The monoisotopic (exact) mass is 462 g/mol. The third-order valence-electron chi connectivity index (χ3n) is 5.63. The highest BCUT2D eigenvalue weighted by Gasteiger charge is 2.46. The van der Waals surface area contributed by atoms with Crippen molar-refractivity contribution in [3.05, 3.63) is 78.1 Å². The lowest BCUT2D eigenvalue weighted by Crippen LogP contribution is -2.32. The summed E-state index contributed by atoms with van der Waals surface area (Å²) in [6.07, 6.45) is 5.15. The number of nitrogens with zero attached hydrogens (tertiary/aromatic N) is 2. The summed E-state index contributed by atoms with van der Waals surface area (Å²) in [4.78, 5) is 32.1.